The lowest BCUT2D eigenvalue weighted by Gasteiger charge is -2.20. The molecule has 0 unspecified atom stereocenters. The van der Waals surface area contributed by atoms with Crippen LogP contribution in [0.4, 0.5) is 0 Å². The lowest BCUT2D eigenvalue weighted by atomic mass is 9.99. The third kappa shape index (κ3) is 4.55. The number of aromatic nitrogens is 4. The zero-order valence-electron chi connectivity index (χ0n) is 32.7. The Kier molecular flexibility index (Phi) is 6.49. The van der Waals surface area contributed by atoms with Crippen molar-refractivity contribution < 1.29 is 4.74 Å². The highest BCUT2D eigenvalue weighted by Crippen LogP contribution is 2.46. The Morgan fingerprint density at radius 3 is 1.87 bits per heavy atom. The van der Waals surface area contributed by atoms with Gasteiger partial charge < -0.3 is 9.30 Å². The van der Waals surface area contributed by atoms with Crippen LogP contribution in [0.25, 0.3) is 121 Å². The highest BCUT2D eigenvalue weighted by molar-refractivity contribution is 6.23. The van der Waals surface area contributed by atoms with Gasteiger partial charge >= 0.3 is 0 Å². The van der Waals surface area contributed by atoms with Crippen molar-refractivity contribution in [2.75, 3.05) is 0 Å². The molecule has 14 rings (SSSR count). The summed E-state index contributed by atoms with van der Waals surface area (Å²) in [6.45, 7) is 0. The molecule has 61 heavy (non-hydrogen) atoms. The van der Waals surface area contributed by atoms with E-state index in [2.05, 4.69) is 173 Å². The summed E-state index contributed by atoms with van der Waals surface area (Å²) in [6.07, 6.45) is 0. The number of hydrogen-bond donors (Lipinski definition) is 0. The first-order valence-corrected chi connectivity index (χ1v) is 20.7. The van der Waals surface area contributed by atoms with Gasteiger partial charge in [-0.25, -0.2) is 9.97 Å². The lowest BCUT2D eigenvalue weighted by Crippen LogP contribution is -2.06. The smallest absolute Gasteiger partial charge is 0.235 e. The molecule has 0 N–H and O–H groups in total. The minimum atomic E-state index is 0.637. The Hall–Kier alpha value is -8.28. The molecule has 10 aromatic carbocycles. The zero-order valence-corrected chi connectivity index (χ0v) is 32.7. The Bertz CT molecular complexity index is 4040. The molecule has 5 nitrogen and oxygen atoms in total. The van der Waals surface area contributed by atoms with Crippen molar-refractivity contribution in [2.45, 2.75) is 0 Å². The van der Waals surface area contributed by atoms with Gasteiger partial charge in [-0.05, 0) is 105 Å². The molecule has 282 valence electrons. The SMILES string of the molecule is c1ccc2c(c1)Oc1cccc3nc(-n4c5ccccc5c5cc(-c6ccc7c(c6)c6c8ccccc8ccc6n7-c6cc7ccccc7c7ccccc67)ccc54)nc-2c13. The summed E-state index contributed by atoms with van der Waals surface area (Å²) in [4.78, 5) is 10.5. The normalized spacial score (nSPS) is 12.4. The van der Waals surface area contributed by atoms with Gasteiger partial charge in [0.2, 0.25) is 5.95 Å². The second-order valence-corrected chi connectivity index (χ2v) is 16.1. The second-order valence-electron chi connectivity index (χ2n) is 16.1. The maximum absolute atomic E-state index is 6.32. The standard InChI is InChI=1S/C56H32N4O/c1-4-15-38-33(12-1)24-29-49-53(38)44-31-35(26-28-48(44)59(49)50-32-36-13-2-3-14-37(36)39-16-5-6-17-40(39)50)34-25-27-47-43(30-34)41-18-7-9-21-46(41)60(47)56-57-45-20-11-23-52-54(45)55(58-56)42-19-8-10-22-51(42)61-52/h1-32H. The monoisotopic (exact) mass is 776 g/mol. The van der Waals surface area contributed by atoms with Crippen molar-refractivity contribution >= 4 is 86.8 Å². The molecular formula is C56H32N4O. The quantitative estimate of drug-likeness (QED) is 0.168. The third-order valence-electron chi connectivity index (χ3n) is 12.9. The van der Waals surface area contributed by atoms with Crippen molar-refractivity contribution in [3.05, 3.63) is 194 Å². The van der Waals surface area contributed by atoms with Gasteiger partial charge in [0.1, 0.15) is 11.5 Å². The first-order valence-electron chi connectivity index (χ1n) is 20.7. The predicted octanol–water partition coefficient (Wildman–Crippen LogP) is 14.7. The second kappa shape index (κ2) is 12.1. The molecule has 1 aliphatic heterocycles. The van der Waals surface area contributed by atoms with Crippen LogP contribution >= 0.6 is 0 Å². The molecule has 0 aliphatic carbocycles. The molecule has 0 amide bonds. The summed E-state index contributed by atoms with van der Waals surface area (Å²) >= 11 is 0. The molecule has 0 saturated carbocycles. The van der Waals surface area contributed by atoms with Crippen LogP contribution in [0, 0.1) is 0 Å². The van der Waals surface area contributed by atoms with E-state index >= 15 is 0 Å². The van der Waals surface area contributed by atoms with Crippen molar-refractivity contribution in [1.82, 2.24) is 19.1 Å². The largest absolute Gasteiger partial charge is 0.456 e. The van der Waals surface area contributed by atoms with Crippen LogP contribution in [0.3, 0.4) is 0 Å². The summed E-state index contributed by atoms with van der Waals surface area (Å²) in [5.41, 5.74) is 10.7. The minimum Gasteiger partial charge on any atom is -0.456 e. The van der Waals surface area contributed by atoms with Crippen LogP contribution in [-0.2, 0) is 0 Å². The molecule has 0 radical (unpaired) electrons. The predicted molar refractivity (Wildman–Crippen MR) is 252 cm³/mol. The Labute approximate surface area is 348 Å². The lowest BCUT2D eigenvalue weighted by molar-refractivity contribution is 0.486. The number of ether oxygens (including phenoxy) is 1. The molecule has 4 heterocycles. The summed E-state index contributed by atoms with van der Waals surface area (Å²) in [5, 5.41) is 13.2. The average Bonchev–Trinajstić information content (AvgIpc) is 3.84. The van der Waals surface area contributed by atoms with Crippen molar-refractivity contribution in [3.8, 4) is 45.5 Å². The Morgan fingerprint density at radius 2 is 1.00 bits per heavy atom. The van der Waals surface area contributed by atoms with Crippen molar-refractivity contribution in [3.63, 3.8) is 0 Å². The highest BCUT2D eigenvalue weighted by atomic mass is 16.5. The van der Waals surface area contributed by atoms with Gasteiger partial charge in [-0.15, -0.1) is 0 Å². The molecule has 0 saturated heterocycles. The van der Waals surface area contributed by atoms with E-state index in [1.807, 2.05) is 30.3 Å². The van der Waals surface area contributed by atoms with Gasteiger partial charge in [-0.1, -0.05) is 127 Å². The maximum atomic E-state index is 6.32. The fourth-order valence-electron chi connectivity index (χ4n) is 10.2. The number of para-hydroxylation sites is 2. The number of benzene rings is 10. The van der Waals surface area contributed by atoms with Crippen LogP contribution in [-0.4, -0.2) is 19.1 Å². The highest BCUT2D eigenvalue weighted by Gasteiger charge is 2.25. The first-order chi connectivity index (χ1) is 30.2. The van der Waals surface area contributed by atoms with Crippen LogP contribution in [0.15, 0.2) is 194 Å². The minimum absolute atomic E-state index is 0.637. The number of nitrogens with zero attached hydrogens (tertiary/aromatic N) is 4. The molecule has 13 aromatic rings. The van der Waals surface area contributed by atoms with Gasteiger partial charge in [-0.3, -0.25) is 4.57 Å². The van der Waals surface area contributed by atoms with Crippen LogP contribution < -0.4 is 4.74 Å². The van der Waals surface area contributed by atoms with Crippen LogP contribution in [0.5, 0.6) is 11.5 Å². The fraction of sp³-hybridized carbons (Fsp3) is 0. The number of hydrogen-bond acceptors (Lipinski definition) is 3. The van der Waals surface area contributed by atoms with E-state index < -0.39 is 0 Å². The van der Waals surface area contributed by atoms with E-state index in [1.54, 1.807) is 0 Å². The van der Waals surface area contributed by atoms with Gasteiger partial charge in [0, 0.05) is 32.5 Å². The van der Waals surface area contributed by atoms with Gasteiger partial charge in [0.15, 0.2) is 0 Å². The summed E-state index contributed by atoms with van der Waals surface area (Å²) in [6, 6.07) is 69.9. The van der Waals surface area contributed by atoms with Crippen LogP contribution in [0.1, 0.15) is 0 Å². The molecule has 1 aliphatic rings. The number of rotatable bonds is 3. The molecule has 5 heteroatoms. The maximum Gasteiger partial charge on any atom is 0.235 e. The Morgan fingerprint density at radius 1 is 0.361 bits per heavy atom. The van der Waals surface area contributed by atoms with E-state index in [0.29, 0.717) is 5.95 Å². The van der Waals surface area contributed by atoms with E-state index in [9.17, 15) is 0 Å². The summed E-state index contributed by atoms with van der Waals surface area (Å²) in [7, 11) is 0. The third-order valence-corrected chi connectivity index (χ3v) is 12.9. The number of fused-ring (bicyclic) bond motifs is 13. The Balaban J connectivity index is 1.00. The molecule has 3 aromatic heterocycles. The average molecular weight is 777 g/mol. The molecule has 0 bridgehead atoms. The summed E-state index contributed by atoms with van der Waals surface area (Å²) < 4.78 is 11.0. The first kappa shape index (κ1) is 32.7. The fourth-order valence-corrected chi connectivity index (χ4v) is 10.2. The van der Waals surface area contributed by atoms with E-state index in [4.69, 9.17) is 14.7 Å². The van der Waals surface area contributed by atoms with Gasteiger partial charge in [0.25, 0.3) is 0 Å². The van der Waals surface area contributed by atoms with Gasteiger partial charge in [-0.2, -0.15) is 0 Å². The van der Waals surface area contributed by atoms with Crippen molar-refractivity contribution in [1.29, 1.82) is 0 Å². The molecule has 0 fully saturated rings. The van der Waals surface area contributed by atoms with E-state index in [0.717, 1.165) is 66.6 Å². The van der Waals surface area contributed by atoms with Gasteiger partial charge in [0.05, 0.1) is 44.4 Å². The molecule has 0 atom stereocenters. The summed E-state index contributed by atoms with van der Waals surface area (Å²) in [5.74, 6) is 2.22. The van der Waals surface area contributed by atoms with Crippen LogP contribution in [0.2, 0.25) is 0 Å². The van der Waals surface area contributed by atoms with Crippen molar-refractivity contribution in [2.24, 2.45) is 0 Å². The molecule has 0 spiro atoms. The van der Waals surface area contributed by atoms with E-state index in [1.165, 1.54) is 59.8 Å². The zero-order chi connectivity index (χ0) is 39.8. The molecular weight excluding hydrogens is 745 g/mol. The topological polar surface area (TPSA) is 44.9 Å². The van der Waals surface area contributed by atoms with E-state index in [-0.39, 0.29) is 0 Å².